The standard InChI is InChI=1S/C22H24ClN3O4S.ClH/c1-28-17-3-5-18(6-4-17)30-15-21(27)26(9-8-25-10-12-29-13-11-25)22-24-19-7-2-16(23)14-20(19)31-22;/h2-7,14H,8-13,15H2,1H3;1H. The number of methoxy groups -OCH3 is 1. The summed E-state index contributed by atoms with van der Waals surface area (Å²) >= 11 is 7.58. The number of carbonyl (C=O) groups excluding carboxylic acids is 1. The van der Waals surface area contributed by atoms with Crippen molar-refractivity contribution in [2.24, 2.45) is 0 Å². The van der Waals surface area contributed by atoms with E-state index in [1.54, 1.807) is 42.3 Å². The predicted molar refractivity (Wildman–Crippen MR) is 130 cm³/mol. The SMILES string of the molecule is COc1ccc(OCC(=O)N(CCN2CCOCC2)c2nc3ccc(Cl)cc3s2)cc1.Cl. The van der Waals surface area contributed by atoms with E-state index >= 15 is 0 Å². The molecule has 2 aromatic carbocycles. The largest absolute Gasteiger partial charge is 0.497 e. The lowest BCUT2D eigenvalue weighted by Gasteiger charge is -2.29. The molecule has 0 radical (unpaired) electrons. The van der Waals surface area contributed by atoms with Gasteiger partial charge in [-0.25, -0.2) is 4.98 Å². The summed E-state index contributed by atoms with van der Waals surface area (Å²) in [6, 6.07) is 12.7. The van der Waals surface area contributed by atoms with Crippen LogP contribution in [0.5, 0.6) is 11.5 Å². The third-order valence-corrected chi connectivity index (χ3v) is 6.31. The molecule has 7 nitrogen and oxygen atoms in total. The van der Waals surface area contributed by atoms with Crippen LogP contribution in [0.2, 0.25) is 5.02 Å². The average molecular weight is 498 g/mol. The first-order chi connectivity index (χ1) is 15.1. The van der Waals surface area contributed by atoms with E-state index in [0.717, 1.165) is 35.6 Å². The van der Waals surface area contributed by atoms with Crippen LogP contribution in [0.1, 0.15) is 0 Å². The molecule has 32 heavy (non-hydrogen) atoms. The summed E-state index contributed by atoms with van der Waals surface area (Å²) in [5.41, 5.74) is 0.824. The van der Waals surface area contributed by atoms with Gasteiger partial charge in [0.15, 0.2) is 11.7 Å². The van der Waals surface area contributed by atoms with Gasteiger partial charge in [-0.2, -0.15) is 0 Å². The summed E-state index contributed by atoms with van der Waals surface area (Å²) in [5.74, 6) is 1.20. The monoisotopic (exact) mass is 497 g/mol. The summed E-state index contributed by atoms with van der Waals surface area (Å²) < 4.78 is 17.3. The number of nitrogens with zero attached hydrogens (tertiary/aromatic N) is 3. The maximum atomic E-state index is 13.1. The van der Waals surface area contributed by atoms with E-state index in [4.69, 9.17) is 25.8 Å². The maximum Gasteiger partial charge on any atom is 0.266 e. The number of benzene rings is 2. The Hall–Kier alpha value is -2.10. The van der Waals surface area contributed by atoms with Gasteiger partial charge in [-0.1, -0.05) is 22.9 Å². The highest BCUT2D eigenvalue weighted by Crippen LogP contribution is 2.31. The number of aromatic nitrogens is 1. The molecule has 0 aliphatic carbocycles. The van der Waals surface area contributed by atoms with Crippen molar-refractivity contribution in [2.45, 2.75) is 0 Å². The highest BCUT2D eigenvalue weighted by Gasteiger charge is 2.22. The van der Waals surface area contributed by atoms with Crippen LogP contribution in [0.15, 0.2) is 42.5 Å². The van der Waals surface area contributed by atoms with Gasteiger partial charge < -0.3 is 14.2 Å². The lowest BCUT2D eigenvalue weighted by Crippen LogP contribution is -2.44. The van der Waals surface area contributed by atoms with Crippen molar-refractivity contribution >= 4 is 56.6 Å². The Kier molecular flexibility index (Phi) is 8.95. The summed E-state index contributed by atoms with van der Waals surface area (Å²) in [5, 5.41) is 1.30. The van der Waals surface area contributed by atoms with E-state index in [2.05, 4.69) is 9.88 Å². The molecule has 0 N–H and O–H groups in total. The van der Waals surface area contributed by atoms with E-state index in [-0.39, 0.29) is 24.9 Å². The number of thiazole rings is 1. The van der Waals surface area contributed by atoms with Crippen LogP contribution >= 0.6 is 35.3 Å². The Morgan fingerprint density at radius 1 is 1.19 bits per heavy atom. The van der Waals surface area contributed by atoms with Crippen molar-refractivity contribution in [3.8, 4) is 11.5 Å². The molecule has 1 saturated heterocycles. The van der Waals surface area contributed by atoms with E-state index in [0.29, 0.717) is 35.7 Å². The smallest absolute Gasteiger partial charge is 0.266 e. The van der Waals surface area contributed by atoms with E-state index in [9.17, 15) is 4.79 Å². The molecular formula is C22H25Cl2N3O4S. The van der Waals surface area contributed by atoms with Gasteiger partial charge in [0.1, 0.15) is 11.5 Å². The Morgan fingerprint density at radius 3 is 2.62 bits per heavy atom. The van der Waals surface area contributed by atoms with Crippen LogP contribution in [-0.4, -0.2) is 68.9 Å². The Morgan fingerprint density at radius 2 is 1.91 bits per heavy atom. The molecule has 10 heteroatoms. The normalized spacial score (nSPS) is 14.1. The molecule has 2 heterocycles. The first kappa shape index (κ1) is 24.5. The van der Waals surface area contributed by atoms with Crippen LogP contribution in [0.25, 0.3) is 10.2 Å². The van der Waals surface area contributed by atoms with Crippen LogP contribution in [0.3, 0.4) is 0 Å². The third-order valence-electron chi connectivity index (χ3n) is 5.04. The molecule has 1 aromatic heterocycles. The van der Waals surface area contributed by atoms with Crippen molar-refractivity contribution in [3.05, 3.63) is 47.5 Å². The van der Waals surface area contributed by atoms with Crippen molar-refractivity contribution in [1.29, 1.82) is 0 Å². The zero-order valence-corrected chi connectivity index (χ0v) is 20.0. The molecular weight excluding hydrogens is 473 g/mol. The molecule has 0 saturated carbocycles. The highest BCUT2D eigenvalue weighted by molar-refractivity contribution is 7.22. The lowest BCUT2D eigenvalue weighted by molar-refractivity contribution is -0.120. The number of amides is 1. The minimum absolute atomic E-state index is 0. The summed E-state index contributed by atoms with van der Waals surface area (Å²) in [7, 11) is 1.61. The lowest BCUT2D eigenvalue weighted by atomic mass is 10.3. The van der Waals surface area contributed by atoms with Gasteiger partial charge >= 0.3 is 0 Å². The molecule has 0 bridgehead atoms. The molecule has 0 unspecified atom stereocenters. The summed E-state index contributed by atoms with van der Waals surface area (Å²) in [4.78, 5) is 21.8. The first-order valence-corrected chi connectivity index (χ1v) is 11.3. The van der Waals surface area contributed by atoms with E-state index in [1.165, 1.54) is 11.3 Å². The fourth-order valence-electron chi connectivity index (χ4n) is 3.29. The number of rotatable bonds is 8. The predicted octanol–water partition coefficient (Wildman–Crippen LogP) is 4.12. The minimum atomic E-state index is -0.144. The zero-order valence-electron chi connectivity index (χ0n) is 17.7. The zero-order chi connectivity index (χ0) is 21.6. The number of morpholine rings is 1. The van der Waals surface area contributed by atoms with Crippen LogP contribution in [-0.2, 0) is 9.53 Å². The van der Waals surface area contributed by atoms with Gasteiger partial charge in [0.25, 0.3) is 5.91 Å². The second kappa shape index (κ2) is 11.7. The second-order valence-electron chi connectivity index (χ2n) is 7.07. The van der Waals surface area contributed by atoms with Crippen molar-refractivity contribution in [3.63, 3.8) is 0 Å². The minimum Gasteiger partial charge on any atom is -0.497 e. The van der Waals surface area contributed by atoms with Crippen molar-refractivity contribution in [2.75, 3.05) is 58.0 Å². The van der Waals surface area contributed by atoms with Crippen LogP contribution in [0, 0.1) is 0 Å². The molecule has 4 rings (SSSR count). The number of hydrogen-bond donors (Lipinski definition) is 0. The van der Waals surface area contributed by atoms with E-state index in [1.807, 2.05) is 12.1 Å². The number of carbonyl (C=O) groups is 1. The number of ether oxygens (including phenoxy) is 3. The Balaban J connectivity index is 0.00000289. The van der Waals surface area contributed by atoms with Gasteiger partial charge in [0, 0.05) is 31.2 Å². The summed E-state index contributed by atoms with van der Waals surface area (Å²) in [6.45, 7) is 4.35. The molecule has 0 atom stereocenters. The molecule has 1 amide bonds. The number of anilines is 1. The fourth-order valence-corrected chi connectivity index (χ4v) is 4.57. The van der Waals surface area contributed by atoms with Gasteiger partial charge in [0.2, 0.25) is 0 Å². The molecule has 1 aliphatic heterocycles. The number of hydrogen-bond acceptors (Lipinski definition) is 7. The number of halogens is 2. The van der Waals surface area contributed by atoms with Gasteiger partial charge in [-0.3, -0.25) is 14.6 Å². The van der Waals surface area contributed by atoms with Crippen molar-refractivity contribution < 1.29 is 19.0 Å². The topological polar surface area (TPSA) is 64.1 Å². The van der Waals surface area contributed by atoms with Gasteiger partial charge in [0.05, 0.1) is 30.5 Å². The first-order valence-electron chi connectivity index (χ1n) is 10.1. The Labute approximate surface area is 202 Å². The highest BCUT2D eigenvalue weighted by atomic mass is 35.5. The van der Waals surface area contributed by atoms with E-state index < -0.39 is 0 Å². The molecule has 1 fully saturated rings. The fraction of sp³-hybridized carbons (Fsp3) is 0.364. The third kappa shape index (κ3) is 6.24. The van der Waals surface area contributed by atoms with Crippen molar-refractivity contribution in [1.82, 2.24) is 9.88 Å². The van der Waals surface area contributed by atoms with Gasteiger partial charge in [-0.15, -0.1) is 12.4 Å². The molecule has 3 aromatic rings. The van der Waals surface area contributed by atoms with Crippen LogP contribution < -0.4 is 14.4 Å². The molecule has 172 valence electrons. The molecule has 1 aliphatic rings. The average Bonchev–Trinajstić information content (AvgIpc) is 3.21. The van der Waals surface area contributed by atoms with Crippen LogP contribution in [0.4, 0.5) is 5.13 Å². The maximum absolute atomic E-state index is 13.1. The quantitative estimate of drug-likeness (QED) is 0.466. The second-order valence-corrected chi connectivity index (χ2v) is 8.52. The Bertz CT molecular complexity index is 1030. The molecule has 0 spiro atoms. The number of fused-ring (bicyclic) bond motifs is 1. The van der Waals surface area contributed by atoms with Gasteiger partial charge in [-0.05, 0) is 42.5 Å². The summed E-state index contributed by atoms with van der Waals surface area (Å²) in [6.07, 6.45) is 0.